The normalized spacial score (nSPS) is 17.4. The lowest BCUT2D eigenvalue weighted by atomic mass is 10.1. The van der Waals surface area contributed by atoms with E-state index in [-0.39, 0.29) is 5.91 Å². The number of hydrogen-bond acceptors (Lipinski definition) is 4. The lowest BCUT2D eigenvalue weighted by Gasteiger charge is -2.02. The summed E-state index contributed by atoms with van der Waals surface area (Å²) in [5, 5.41) is 3.73. The van der Waals surface area contributed by atoms with E-state index in [1.54, 1.807) is 6.08 Å². The highest BCUT2D eigenvalue weighted by Crippen LogP contribution is 2.31. The molecule has 1 fully saturated rings. The van der Waals surface area contributed by atoms with E-state index in [0.717, 1.165) is 22.5 Å². The van der Waals surface area contributed by atoms with Crippen molar-refractivity contribution in [3.05, 3.63) is 69.5 Å². The summed E-state index contributed by atoms with van der Waals surface area (Å²) in [5.74, 6) is -0.194. The van der Waals surface area contributed by atoms with Crippen LogP contribution in [0.5, 0.6) is 0 Å². The highest BCUT2D eigenvalue weighted by atomic mass is 35.5. The number of rotatable bonds is 2. The molecule has 4 rings (SSSR count). The number of aliphatic imine (C=N–C) groups is 1. The average molecular weight is 383 g/mol. The van der Waals surface area contributed by atoms with E-state index >= 15 is 0 Å². The lowest BCUT2D eigenvalue weighted by molar-refractivity contribution is -0.115. The summed E-state index contributed by atoms with van der Waals surface area (Å²) in [6, 6.07) is 11.7. The maximum atomic E-state index is 12.3. The summed E-state index contributed by atoms with van der Waals surface area (Å²) >= 11 is 7.54. The number of hydrogen-bond donors (Lipinski definition) is 1. The van der Waals surface area contributed by atoms with E-state index in [4.69, 9.17) is 11.6 Å². The van der Waals surface area contributed by atoms with Gasteiger partial charge in [0.15, 0.2) is 10.3 Å². The summed E-state index contributed by atoms with van der Waals surface area (Å²) in [5.41, 5.74) is 4.43. The topological polar surface area (TPSA) is 58.8 Å². The summed E-state index contributed by atoms with van der Waals surface area (Å²) in [4.78, 5) is 21.8. The SMILES string of the molecule is Cc1ccc(C)c(N=C2NC(=O)C(=Cc3c(Cl)nc4ccccn34)S2)c1. The van der Waals surface area contributed by atoms with Crippen LogP contribution in [0.1, 0.15) is 16.8 Å². The molecule has 0 unspecified atom stereocenters. The number of amides is 1. The maximum absolute atomic E-state index is 12.3. The minimum absolute atomic E-state index is 0.194. The molecule has 0 aliphatic carbocycles. The average Bonchev–Trinajstić information content (AvgIpc) is 3.11. The molecule has 3 aromatic rings. The molecule has 130 valence electrons. The Morgan fingerprint density at radius 1 is 1.27 bits per heavy atom. The molecule has 2 aromatic heterocycles. The molecule has 26 heavy (non-hydrogen) atoms. The number of aryl methyl sites for hydroxylation is 2. The van der Waals surface area contributed by atoms with Crippen molar-refractivity contribution in [1.29, 1.82) is 0 Å². The van der Waals surface area contributed by atoms with Crippen LogP contribution in [0.3, 0.4) is 0 Å². The Bertz CT molecular complexity index is 1100. The van der Waals surface area contributed by atoms with Crippen LogP contribution in [-0.4, -0.2) is 20.5 Å². The van der Waals surface area contributed by atoms with E-state index in [0.29, 0.717) is 20.9 Å². The highest BCUT2D eigenvalue weighted by molar-refractivity contribution is 8.18. The number of carbonyl (C=O) groups excluding carboxylic acids is 1. The third kappa shape index (κ3) is 3.13. The second-order valence-electron chi connectivity index (χ2n) is 5.99. The third-order valence-electron chi connectivity index (χ3n) is 4.03. The third-order valence-corrected chi connectivity index (χ3v) is 5.22. The molecular weight excluding hydrogens is 368 g/mol. The van der Waals surface area contributed by atoms with Crippen molar-refractivity contribution in [3.8, 4) is 0 Å². The Labute approximate surface area is 159 Å². The molecule has 5 nitrogen and oxygen atoms in total. The van der Waals surface area contributed by atoms with Gasteiger partial charge in [-0.3, -0.25) is 9.20 Å². The van der Waals surface area contributed by atoms with Crippen molar-refractivity contribution >= 4 is 51.8 Å². The van der Waals surface area contributed by atoms with Crippen molar-refractivity contribution in [2.45, 2.75) is 13.8 Å². The molecule has 0 atom stereocenters. The Morgan fingerprint density at radius 3 is 2.96 bits per heavy atom. The molecule has 0 spiro atoms. The molecule has 0 saturated carbocycles. The Morgan fingerprint density at radius 2 is 2.12 bits per heavy atom. The van der Waals surface area contributed by atoms with Crippen LogP contribution >= 0.6 is 23.4 Å². The Hall–Kier alpha value is -2.57. The molecular formula is C19H15ClN4OS. The predicted octanol–water partition coefficient (Wildman–Crippen LogP) is 4.50. The molecule has 1 aliphatic rings. The first-order valence-corrected chi connectivity index (χ1v) is 9.20. The number of nitrogens with one attached hydrogen (secondary N) is 1. The zero-order chi connectivity index (χ0) is 18.3. The monoisotopic (exact) mass is 382 g/mol. The second-order valence-corrected chi connectivity index (χ2v) is 7.38. The number of carbonyl (C=O) groups is 1. The number of thioether (sulfide) groups is 1. The number of imidazole rings is 1. The van der Waals surface area contributed by atoms with Gasteiger partial charge in [-0.1, -0.05) is 29.8 Å². The highest BCUT2D eigenvalue weighted by Gasteiger charge is 2.25. The molecule has 1 saturated heterocycles. The Kier molecular flexibility index (Phi) is 4.30. The molecule has 0 radical (unpaired) electrons. The largest absolute Gasteiger partial charge is 0.300 e. The molecule has 1 aliphatic heterocycles. The minimum Gasteiger partial charge on any atom is -0.300 e. The van der Waals surface area contributed by atoms with Gasteiger partial charge in [-0.2, -0.15) is 0 Å². The molecule has 1 amide bonds. The van der Waals surface area contributed by atoms with E-state index < -0.39 is 0 Å². The predicted molar refractivity (Wildman–Crippen MR) is 107 cm³/mol. The van der Waals surface area contributed by atoms with Gasteiger partial charge < -0.3 is 5.32 Å². The van der Waals surface area contributed by atoms with Gasteiger partial charge in [0.2, 0.25) is 0 Å². The second kappa shape index (κ2) is 6.63. The molecule has 7 heteroatoms. The van der Waals surface area contributed by atoms with Crippen molar-refractivity contribution in [2.24, 2.45) is 4.99 Å². The number of aromatic nitrogens is 2. The summed E-state index contributed by atoms with van der Waals surface area (Å²) in [6.07, 6.45) is 3.61. The van der Waals surface area contributed by atoms with Crippen molar-refractivity contribution in [1.82, 2.24) is 14.7 Å². The fourth-order valence-corrected chi connectivity index (χ4v) is 3.71. The zero-order valence-corrected chi connectivity index (χ0v) is 15.7. The van der Waals surface area contributed by atoms with Gasteiger partial charge >= 0.3 is 0 Å². The van der Waals surface area contributed by atoms with E-state index in [1.807, 2.05) is 60.8 Å². The van der Waals surface area contributed by atoms with Gasteiger partial charge in [-0.05, 0) is 61.0 Å². The first-order valence-electron chi connectivity index (χ1n) is 8.01. The van der Waals surface area contributed by atoms with Crippen LogP contribution in [0.25, 0.3) is 11.7 Å². The van der Waals surface area contributed by atoms with Gasteiger partial charge in [0.25, 0.3) is 5.91 Å². The lowest BCUT2D eigenvalue weighted by Crippen LogP contribution is -2.19. The molecule has 0 bridgehead atoms. The van der Waals surface area contributed by atoms with E-state index in [2.05, 4.69) is 15.3 Å². The van der Waals surface area contributed by atoms with Crippen LogP contribution in [0.4, 0.5) is 5.69 Å². The van der Waals surface area contributed by atoms with Crippen molar-refractivity contribution in [3.63, 3.8) is 0 Å². The number of pyridine rings is 1. The molecule has 1 N–H and O–H groups in total. The molecule has 3 heterocycles. The van der Waals surface area contributed by atoms with Crippen LogP contribution < -0.4 is 5.32 Å². The quantitative estimate of drug-likeness (QED) is 0.664. The van der Waals surface area contributed by atoms with Crippen LogP contribution in [0.2, 0.25) is 5.15 Å². The van der Waals surface area contributed by atoms with Gasteiger partial charge in [0, 0.05) is 6.20 Å². The van der Waals surface area contributed by atoms with E-state index in [1.165, 1.54) is 11.8 Å². The van der Waals surface area contributed by atoms with Gasteiger partial charge in [0.1, 0.15) is 5.65 Å². The van der Waals surface area contributed by atoms with Crippen LogP contribution in [-0.2, 0) is 4.79 Å². The van der Waals surface area contributed by atoms with Gasteiger partial charge in [-0.15, -0.1) is 0 Å². The first-order chi connectivity index (χ1) is 12.5. The van der Waals surface area contributed by atoms with Crippen molar-refractivity contribution in [2.75, 3.05) is 0 Å². The minimum atomic E-state index is -0.194. The van der Waals surface area contributed by atoms with Gasteiger partial charge in [0.05, 0.1) is 16.3 Å². The van der Waals surface area contributed by atoms with Crippen LogP contribution in [0.15, 0.2) is 52.5 Å². The fraction of sp³-hybridized carbons (Fsp3) is 0.105. The molecule has 1 aromatic carbocycles. The summed E-state index contributed by atoms with van der Waals surface area (Å²) in [6.45, 7) is 4.01. The van der Waals surface area contributed by atoms with Crippen LogP contribution in [0, 0.1) is 13.8 Å². The van der Waals surface area contributed by atoms with Crippen molar-refractivity contribution < 1.29 is 4.79 Å². The fourth-order valence-electron chi connectivity index (χ4n) is 2.67. The van der Waals surface area contributed by atoms with E-state index in [9.17, 15) is 4.79 Å². The standard InChI is InChI=1S/C19H15ClN4OS/c1-11-6-7-12(2)13(9-11)21-19-23-18(25)15(26-19)10-14-17(20)22-16-5-3-4-8-24(14)16/h3-10H,1-2H3,(H,21,23,25). The number of benzene rings is 1. The first kappa shape index (κ1) is 16.9. The number of fused-ring (bicyclic) bond motifs is 1. The maximum Gasteiger partial charge on any atom is 0.264 e. The number of halogens is 1. The smallest absolute Gasteiger partial charge is 0.264 e. The van der Waals surface area contributed by atoms with Gasteiger partial charge in [-0.25, -0.2) is 9.98 Å². The number of nitrogens with zero attached hydrogens (tertiary/aromatic N) is 3. The number of amidine groups is 1. The zero-order valence-electron chi connectivity index (χ0n) is 14.2. The summed E-state index contributed by atoms with van der Waals surface area (Å²) in [7, 11) is 0. The Balaban J connectivity index is 1.70. The summed E-state index contributed by atoms with van der Waals surface area (Å²) < 4.78 is 1.85.